The molecule has 0 aliphatic carbocycles. The molecule has 88 valence electrons. The van der Waals surface area contributed by atoms with Gasteiger partial charge in [0.2, 0.25) is 0 Å². The van der Waals surface area contributed by atoms with Gasteiger partial charge in [-0.2, -0.15) is 0 Å². The van der Waals surface area contributed by atoms with Crippen molar-refractivity contribution in [3.8, 4) is 0 Å². The molecule has 1 rings (SSSR count). The number of ketones is 1. The van der Waals surface area contributed by atoms with E-state index in [0.29, 0.717) is 0 Å². The minimum absolute atomic E-state index is 0.0509. The molecule has 16 heavy (non-hydrogen) atoms. The Morgan fingerprint density at radius 1 is 1.31 bits per heavy atom. The van der Waals surface area contributed by atoms with E-state index < -0.39 is 0 Å². The molecular formula is C14H20O2. The van der Waals surface area contributed by atoms with Gasteiger partial charge in [-0.15, -0.1) is 0 Å². The summed E-state index contributed by atoms with van der Waals surface area (Å²) in [6.45, 7) is 7.79. The number of aliphatic hydroxyl groups is 1. The lowest BCUT2D eigenvalue weighted by atomic mass is 9.87. The van der Waals surface area contributed by atoms with Crippen molar-refractivity contribution < 1.29 is 9.90 Å². The first-order valence-corrected chi connectivity index (χ1v) is 5.69. The smallest absolute Gasteiger partial charge is 0.168 e. The average Bonchev–Trinajstić information content (AvgIpc) is 2.17. The summed E-state index contributed by atoms with van der Waals surface area (Å²) >= 11 is 0. The molecule has 2 nitrogen and oxygen atoms in total. The number of aryl methyl sites for hydroxylation is 2. The highest BCUT2D eigenvalue weighted by Crippen LogP contribution is 2.20. The topological polar surface area (TPSA) is 37.3 Å². The number of rotatable bonds is 4. The van der Waals surface area contributed by atoms with E-state index in [1.165, 1.54) is 0 Å². The summed E-state index contributed by atoms with van der Waals surface area (Å²) in [4.78, 5) is 12.2. The van der Waals surface area contributed by atoms with E-state index in [1.54, 1.807) is 0 Å². The largest absolute Gasteiger partial charge is 0.396 e. The molecule has 0 saturated carbocycles. The van der Waals surface area contributed by atoms with Crippen molar-refractivity contribution >= 4 is 5.78 Å². The molecule has 0 saturated heterocycles. The number of Topliss-reactive ketones (excluding diaryl/α,β-unsaturated/α-hetero) is 1. The summed E-state index contributed by atoms with van der Waals surface area (Å²) in [5.74, 6) is -0.0744. The van der Waals surface area contributed by atoms with Crippen LogP contribution in [-0.4, -0.2) is 17.5 Å². The van der Waals surface area contributed by atoms with Crippen molar-refractivity contribution in [2.75, 3.05) is 6.61 Å². The SMILES string of the molecule is Cc1ccc(C(=O)C(CO)C(C)C)c(C)c1. The maximum atomic E-state index is 12.2. The third-order valence-corrected chi connectivity index (χ3v) is 2.99. The normalized spacial score (nSPS) is 12.9. The predicted molar refractivity (Wildman–Crippen MR) is 65.7 cm³/mol. The summed E-state index contributed by atoms with van der Waals surface area (Å²) in [6, 6.07) is 5.80. The van der Waals surface area contributed by atoms with Crippen LogP contribution >= 0.6 is 0 Å². The van der Waals surface area contributed by atoms with Crippen molar-refractivity contribution in [2.45, 2.75) is 27.7 Å². The quantitative estimate of drug-likeness (QED) is 0.792. The molecule has 0 bridgehead atoms. The van der Waals surface area contributed by atoms with Crippen LogP contribution in [0.1, 0.15) is 35.3 Å². The maximum absolute atomic E-state index is 12.2. The Labute approximate surface area is 97.3 Å². The van der Waals surface area contributed by atoms with Gasteiger partial charge in [0, 0.05) is 11.5 Å². The fraction of sp³-hybridized carbons (Fsp3) is 0.500. The van der Waals surface area contributed by atoms with Crippen LogP contribution in [0.25, 0.3) is 0 Å². The van der Waals surface area contributed by atoms with Gasteiger partial charge in [0.25, 0.3) is 0 Å². The number of hydrogen-bond donors (Lipinski definition) is 1. The monoisotopic (exact) mass is 220 g/mol. The van der Waals surface area contributed by atoms with Gasteiger partial charge in [0.15, 0.2) is 5.78 Å². The molecule has 1 atom stereocenters. The van der Waals surface area contributed by atoms with Crippen molar-refractivity contribution in [3.05, 3.63) is 34.9 Å². The van der Waals surface area contributed by atoms with Gasteiger partial charge in [-0.05, 0) is 25.3 Å². The number of carbonyl (C=O) groups is 1. The van der Waals surface area contributed by atoms with Gasteiger partial charge >= 0.3 is 0 Å². The molecule has 0 fully saturated rings. The highest BCUT2D eigenvalue weighted by atomic mass is 16.3. The molecule has 1 unspecified atom stereocenters. The van der Waals surface area contributed by atoms with E-state index >= 15 is 0 Å². The Hall–Kier alpha value is -1.15. The molecule has 1 aromatic rings. The first kappa shape index (κ1) is 12.9. The van der Waals surface area contributed by atoms with Gasteiger partial charge in [-0.25, -0.2) is 0 Å². The van der Waals surface area contributed by atoms with Gasteiger partial charge < -0.3 is 5.11 Å². The molecule has 0 aliphatic rings. The Bertz CT molecular complexity index is 380. The second-order valence-corrected chi connectivity index (χ2v) is 4.72. The molecule has 0 spiro atoms. The van der Waals surface area contributed by atoms with Crippen LogP contribution in [0.2, 0.25) is 0 Å². The van der Waals surface area contributed by atoms with Gasteiger partial charge in [0.05, 0.1) is 6.61 Å². The van der Waals surface area contributed by atoms with E-state index in [9.17, 15) is 9.90 Å². The van der Waals surface area contributed by atoms with Gasteiger partial charge in [0.1, 0.15) is 0 Å². The zero-order valence-electron chi connectivity index (χ0n) is 10.4. The number of benzene rings is 1. The Kier molecular flexibility index (Phi) is 4.25. The fourth-order valence-electron chi connectivity index (χ4n) is 1.89. The van der Waals surface area contributed by atoms with Crippen LogP contribution in [0.15, 0.2) is 18.2 Å². The van der Waals surface area contributed by atoms with Crippen LogP contribution in [0.3, 0.4) is 0 Å². The third kappa shape index (κ3) is 2.70. The molecule has 2 heteroatoms. The van der Waals surface area contributed by atoms with E-state index in [4.69, 9.17) is 0 Å². The highest BCUT2D eigenvalue weighted by Gasteiger charge is 2.23. The molecule has 0 heterocycles. The van der Waals surface area contributed by atoms with E-state index in [-0.39, 0.29) is 24.2 Å². The predicted octanol–water partition coefficient (Wildman–Crippen LogP) is 2.75. The standard InChI is InChI=1S/C14H20O2/c1-9(2)13(8-15)14(16)12-6-5-10(3)7-11(12)4/h5-7,9,13,15H,8H2,1-4H3. The summed E-state index contributed by atoms with van der Waals surface area (Å²) in [5, 5.41) is 9.25. The number of hydrogen-bond acceptors (Lipinski definition) is 2. The van der Waals surface area contributed by atoms with Gasteiger partial charge in [-0.1, -0.05) is 37.6 Å². The zero-order valence-corrected chi connectivity index (χ0v) is 10.4. The van der Waals surface area contributed by atoms with Crippen LogP contribution in [0, 0.1) is 25.7 Å². The third-order valence-electron chi connectivity index (χ3n) is 2.99. The maximum Gasteiger partial charge on any atom is 0.168 e. The van der Waals surface area contributed by atoms with E-state index in [1.807, 2.05) is 45.9 Å². The second kappa shape index (κ2) is 5.26. The summed E-state index contributed by atoms with van der Waals surface area (Å²) in [7, 11) is 0. The second-order valence-electron chi connectivity index (χ2n) is 4.72. The highest BCUT2D eigenvalue weighted by molar-refractivity contribution is 5.99. The van der Waals surface area contributed by atoms with Gasteiger partial charge in [-0.3, -0.25) is 4.79 Å². The van der Waals surface area contributed by atoms with Crippen LogP contribution in [0.4, 0.5) is 0 Å². The Balaban J connectivity index is 3.04. The number of carbonyl (C=O) groups excluding carboxylic acids is 1. The van der Waals surface area contributed by atoms with E-state index in [2.05, 4.69) is 0 Å². The van der Waals surface area contributed by atoms with Crippen LogP contribution in [-0.2, 0) is 0 Å². The van der Waals surface area contributed by atoms with Crippen molar-refractivity contribution in [2.24, 2.45) is 11.8 Å². The Morgan fingerprint density at radius 3 is 2.38 bits per heavy atom. The summed E-state index contributed by atoms with van der Waals surface area (Å²) < 4.78 is 0. The molecule has 1 aromatic carbocycles. The van der Waals surface area contributed by atoms with Crippen molar-refractivity contribution in [1.29, 1.82) is 0 Å². The lowest BCUT2D eigenvalue weighted by Crippen LogP contribution is -2.24. The number of aliphatic hydroxyl groups excluding tert-OH is 1. The molecule has 1 N–H and O–H groups in total. The molecular weight excluding hydrogens is 200 g/mol. The minimum atomic E-state index is -0.290. The zero-order chi connectivity index (χ0) is 12.3. The molecule has 0 amide bonds. The van der Waals surface area contributed by atoms with Crippen LogP contribution in [0.5, 0.6) is 0 Å². The molecule has 0 aromatic heterocycles. The van der Waals surface area contributed by atoms with E-state index in [0.717, 1.165) is 16.7 Å². The first-order chi connectivity index (χ1) is 7.47. The molecule has 0 aliphatic heterocycles. The van der Waals surface area contributed by atoms with Crippen LogP contribution < -0.4 is 0 Å². The Morgan fingerprint density at radius 2 is 1.94 bits per heavy atom. The lowest BCUT2D eigenvalue weighted by Gasteiger charge is -2.18. The fourth-order valence-corrected chi connectivity index (χ4v) is 1.89. The minimum Gasteiger partial charge on any atom is -0.396 e. The van der Waals surface area contributed by atoms with Crippen molar-refractivity contribution in [3.63, 3.8) is 0 Å². The first-order valence-electron chi connectivity index (χ1n) is 5.69. The average molecular weight is 220 g/mol. The van der Waals surface area contributed by atoms with Crippen molar-refractivity contribution in [1.82, 2.24) is 0 Å². The summed E-state index contributed by atoms with van der Waals surface area (Å²) in [5.41, 5.74) is 2.88. The lowest BCUT2D eigenvalue weighted by molar-refractivity contribution is 0.0806. The molecule has 0 radical (unpaired) electrons. The summed E-state index contributed by atoms with van der Waals surface area (Å²) in [6.07, 6.45) is 0.